The number of benzene rings is 2. The van der Waals surface area contributed by atoms with Crippen molar-refractivity contribution in [1.82, 2.24) is 4.98 Å². The second kappa shape index (κ2) is 5.26. The van der Waals surface area contributed by atoms with Crippen molar-refractivity contribution in [3.05, 3.63) is 58.2 Å². The van der Waals surface area contributed by atoms with Gasteiger partial charge in [-0.05, 0) is 36.8 Å². The van der Waals surface area contributed by atoms with Crippen molar-refractivity contribution in [1.29, 1.82) is 0 Å². The third kappa shape index (κ3) is 2.64. The quantitative estimate of drug-likeness (QED) is 0.613. The van der Waals surface area contributed by atoms with E-state index in [-0.39, 0.29) is 5.91 Å². The van der Waals surface area contributed by atoms with Crippen LogP contribution < -0.4 is 11.1 Å². The molecule has 0 saturated heterocycles. The molecule has 4 nitrogen and oxygen atoms in total. The van der Waals surface area contributed by atoms with Gasteiger partial charge in [-0.1, -0.05) is 34.1 Å². The Kier molecular flexibility index (Phi) is 3.43. The van der Waals surface area contributed by atoms with Gasteiger partial charge in [-0.25, -0.2) is 0 Å². The molecule has 3 aromatic rings. The summed E-state index contributed by atoms with van der Waals surface area (Å²) in [6.45, 7) is 2.00. The van der Waals surface area contributed by atoms with Gasteiger partial charge in [0.2, 0.25) is 0 Å². The number of aromatic amines is 1. The monoisotopic (exact) mass is 343 g/mol. The average Bonchev–Trinajstić information content (AvgIpc) is 2.89. The minimum Gasteiger partial charge on any atom is -0.397 e. The lowest BCUT2D eigenvalue weighted by Crippen LogP contribution is -2.12. The number of fused-ring (bicyclic) bond motifs is 1. The van der Waals surface area contributed by atoms with Crippen molar-refractivity contribution in [2.75, 3.05) is 11.1 Å². The Bertz CT molecular complexity index is 839. The zero-order chi connectivity index (χ0) is 15.0. The van der Waals surface area contributed by atoms with Crippen LogP contribution in [-0.4, -0.2) is 10.9 Å². The van der Waals surface area contributed by atoms with E-state index < -0.39 is 0 Å². The SMILES string of the molecule is Cc1ccc(NC(=O)c2cc3cccc(N)c3[nH]2)cc1Br. The standard InChI is InChI=1S/C16H14BrN3O/c1-9-5-6-11(8-12(9)17)19-16(21)14-7-10-3-2-4-13(18)15(10)20-14/h2-8,20H,18H2,1H3,(H,19,21). The maximum absolute atomic E-state index is 12.3. The molecule has 1 amide bonds. The van der Waals surface area contributed by atoms with Gasteiger partial charge < -0.3 is 16.0 Å². The van der Waals surface area contributed by atoms with Crippen molar-refractivity contribution in [3.8, 4) is 0 Å². The Morgan fingerprint density at radius 3 is 2.76 bits per heavy atom. The zero-order valence-corrected chi connectivity index (χ0v) is 13.0. The lowest BCUT2D eigenvalue weighted by molar-refractivity contribution is 0.102. The van der Waals surface area contributed by atoms with E-state index in [0.29, 0.717) is 11.4 Å². The van der Waals surface area contributed by atoms with E-state index in [4.69, 9.17) is 5.73 Å². The Balaban J connectivity index is 1.90. The smallest absolute Gasteiger partial charge is 0.272 e. The second-order valence-electron chi connectivity index (χ2n) is 4.91. The Labute approximate surface area is 130 Å². The van der Waals surface area contributed by atoms with Crippen LogP contribution in [0.4, 0.5) is 11.4 Å². The fourth-order valence-corrected chi connectivity index (χ4v) is 2.55. The van der Waals surface area contributed by atoms with Crippen LogP contribution in [0.2, 0.25) is 0 Å². The van der Waals surface area contributed by atoms with Crippen LogP contribution in [0.1, 0.15) is 16.1 Å². The first-order valence-electron chi connectivity index (χ1n) is 6.49. The fourth-order valence-electron chi connectivity index (χ4n) is 2.17. The highest BCUT2D eigenvalue weighted by atomic mass is 79.9. The summed E-state index contributed by atoms with van der Waals surface area (Å²) >= 11 is 3.45. The lowest BCUT2D eigenvalue weighted by atomic mass is 10.2. The number of nitrogens with two attached hydrogens (primary N) is 1. The van der Waals surface area contributed by atoms with Gasteiger partial charge >= 0.3 is 0 Å². The van der Waals surface area contributed by atoms with Crippen LogP contribution in [0, 0.1) is 6.92 Å². The maximum Gasteiger partial charge on any atom is 0.272 e. The lowest BCUT2D eigenvalue weighted by Gasteiger charge is -2.05. The molecular formula is C16H14BrN3O. The van der Waals surface area contributed by atoms with Gasteiger partial charge in [0.1, 0.15) is 5.69 Å². The molecule has 1 aromatic heterocycles. The number of H-pyrrole nitrogens is 1. The molecule has 0 aliphatic rings. The topological polar surface area (TPSA) is 70.9 Å². The highest BCUT2D eigenvalue weighted by Gasteiger charge is 2.11. The molecule has 0 saturated carbocycles. The van der Waals surface area contributed by atoms with Gasteiger partial charge in [-0.3, -0.25) is 4.79 Å². The minimum atomic E-state index is -0.193. The Morgan fingerprint density at radius 2 is 2.05 bits per heavy atom. The number of nitrogens with one attached hydrogen (secondary N) is 2. The number of carbonyl (C=O) groups excluding carboxylic acids is 1. The highest BCUT2D eigenvalue weighted by molar-refractivity contribution is 9.10. The largest absolute Gasteiger partial charge is 0.397 e. The Morgan fingerprint density at radius 1 is 1.24 bits per heavy atom. The summed E-state index contributed by atoms with van der Waals surface area (Å²) in [6.07, 6.45) is 0. The first-order chi connectivity index (χ1) is 10.0. The van der Waals surface area contributed by atoms with Gasteiger partial charge in [0, 0.05) is 15.5 Å². The van der Waals surface area contributed by atoms with E-state index in [2.05, 4.69) is 26.2 Å². The van der Waals surface area contributed by atoms with E-state index in [1.165, 1.54) is 0 Å². The van der Waals surface area contributed by atoms with Crippen LogP contribution >= 0.6 is 15.9 Å². The number of aromatic nitrogens is 1. The number of hydrogen-bond acceptors (Lipinski definition) is 2. The number of rotatable bonds is 2. The van der Waals surface area contributed by atoms with E-state index in [0.717, 1.165) is 26.6 Å². The number of nitrogen functional groups attached to an aromatic ring is 1. The molecule has 0 spiro atoms. The molecule has 0 aliphatic heterocycles. The summed E-state index contributed by atoms with van der Waals surface area (Å²) in [7, 11) is 0. The molecule has 21 heavy (non-hydrogen) atoms. The molecule has 3 rings (SSSR count). The summed E-state index contributed by atoms with van der Waals surface area (Å²) < 4.78 is 0.959. The van der Waals surface area contributed by atoms with Crippen LogP contribution in [0.3, 0.4) is 0 Å². The van der Waals surface area contributed by atoms with E-state index in [1.807, 2.05) is 37.3 Å². The predicted octanol–water partition coefficient (Wildman–Crippen LogP) is 4.07. The summed E-state index contributed by atoms with van der Waals surface area (Å²) in [5.41, 5.74) is 9.65. The summed E-state index contributed by atoms with van der Waals surface area (Å²) in [6, 6.07) is 13.1. The van der Waals surface area contributed by atoms with Crippen molar-refractivity contribution in [2.45, 2.75) is 6.92 Å². The molecule has 4 N–H and O–H groups in total. The van der Waals surface area contributed by atoms with E-state index >= 15 is 0 Å². The van der Waals surface area contributed by atoms with Gasteiger partial charge in [-0.2, -0.15) is 0 Å². The van der Waals surface area contributed by atoms with Crippen LogP contribution in [0.25, 0.3) is 10.9 Å². The van der Waals surface area contributed by atoms with Crippen LogP contribution in [0.5, 0.6) is 0 Å². The molecule has 0 fully saturated rings. The van der Waals surface area contributed by atoms with Gasteiger partial charge in [0.15, 0.2) is 0 Å². The number of aryl methyl sites for hydroxylation is 1. The molecule has 0 aliphatic carbocycles. The molecule has 0 atom stereocenters. The summed E-state index contributed by atoms with van der Waals surface area (Å²) in [5, 5.41) is 3.79. The number of anilines is 2. The summed E-state index contributed by atoms with van der Waals surface area (Å²) in [4.78, 5) is 15.4. The first-order valence-corrected chi connectivity index (χ1v) is 7.28. The minimum absolute atomic E-state index is 0.193. The summed E-state index contributed by atoms with van der Waals surface area (Å²) in [5.74, 6) is -0.193. The molecule has 0 radical (unpaired) electrons. The van der Waals surface area contributed by atoms with Gasteiger partial charge in [-0.15, -0.1) is 0 Å². The number of amides is 1. The van der Waals surface area contributed by atoms with Crippen LogP contribution in [0.15, 0.2) is 46.9 Å². The normalized spacial score (nSPS) is 10.8. The fraction of sp³-hybridized carbons (Fsp3) is 0.0625. The molecule has 2 aromatic carbocycles. The molecule has 1 heterocycles. The van der Waals surface area contributed by atoms with Crippen molar-refractivity contribution in [3.63, 3.8) is 0 Å². The van der Waals surface area contributed by atoms with Crippen molar-refractivity contribution < 1.29 is 4.79 Å². The van der Waals surface area contributed by atoms with E-state index in [9.17, 15) is 4.79 Å². The van der Waals surface area contributed by atoms with E-state index in [1.54, 1.807) is 12.1 Å². The first kappa shape index (κ1) is 13.7. The average molecular weight is 344 g/mol. The predicted molar refractivity (Wildman–Crippen MR) is 89.5 cm³/mol. The molecule has 106 valence electrons. The number of halogens is 1. The number of para-hydroxylation sites is 1. The molecule has 5 heteroatoms. The number of hydrogen-bond donors (Lipinski definition) is 3. The third-order valence-corrected chi connectivity index (χ3v) is 4.22. The molecule has 0 unspecified atom stereocenters. The maximum atomic E-state index is 12.3. The second-order valence-corrected chi connectivity index (χ2v) is 5.77. The van der Waals surface area contributed by atoms with Gasteiger partial charge in [0.25, 0.3) is 5.91 Å². The van der Waals surface area contributed by atoms with Crippen molar-refractivity contribution in [2.24, 2.45) is 0 Å². The van der Waals surface area contributed by atoms with Gasteiger partial charge in [0.05, 0.1) is 11.2 Å². The number of carbonyl (C=O) groups is 1. The Hall–Kier alpha value is -2.27. The van der Waals surface area contributed by atoms with Crippen molar-refractivity contribution >= 4 is 44.1 Å². The molecule has 0 bridgehead atoms. The molecular weight excluding hydrogens is 330 g/mol. The van der Waals surface area contributed by atoms with Crippen LogP contribution in [-0.2, 0) is 0 Å². The third-order valence-electron chi connectivity index (χ3n) is 3.36. The highest BCUT2D eigenvalue weighted by Crippen LogP contribution is 2.23. The zero-order valence-electron chi connectivity index (χ0n) is 11.4.